The van der Waals surface area contributed by atoms with Crippen molar-refractivity contribution in [3.05, 3.63) is 94.1 Å². The molecule has 1 amide bonds. The van der Waals surface area contributed by atoms with Gasteiger partial charge >= 0.3 is 5.91 Å². The molecule has 2 aliphatic rings. The van der Waals surface area contributed by atoms with Crippen LogP contribution >= 0.6 is 11.3 Å². The monoisotopic (exact) mass is 496 g/mol. The highest BCUT2D eigenvalue weighted by Gasteiger charge is 2.48. The average Bonchev–Trinajstić information content (AvgIpc) is 3.51. The van der Waals surface area contributed by atoms with Crippen LogP contribution in [0.1, 0.15) is 40.8 Å². The van der Waals surface area contributed by atoms with E-state index in [2.05, 4.69) is 4.98 Å². The summed E-state index contributed by atoms with van der Waals surface area (Å²) in [4.78, 5) is 33.0. The Morgan fingerprint density at radius 3 is 2.56 bits per heavy atom. The van der Waals surface area contributed by atoms with Gasteiger partial charge in [0, 0.05) is 12.0 Å². The Hall–Kier alpha value is -3.97. The number of nitrogens with zero attached hydrogens (tertiary/aromatic N) is 2. The molecule has 36 heavy (non-hydrogen) atoms. The second kappa shape index (κ2) is 8.31. The lowest BCUT2D eigenvalue weighted by atomic mass is 9.94. The third-order valence-electron chi connectivity index (χ3n) is 6.75. The number of hydrogen-bond acceptors (Lipinski definition) is 6. The molecule has 1 N–H and O–H groups in total. The zero-order valence-corrected chi connectivity index (χ0v) is 20.9. The van der Waals surface area contributed by atoms with Gasteiger partial charge in [0.25, 0.3) is 5.78 Å². The molecule has 0 radical (unpaired) electrons. The fraction of sp³-hybridized carbons (Fsp3) is 0.207. The fourth-order valence-corrected chi connectivity index (χ4v) is 6.03. The van der Waals surface area contributed by atoms with Gasteiger partial charge in [-0.05, 0) is 67.8 Å². The van der Waals surface area contributed by atoms with Gasteiger partial charge in [-0.2, -0.15) is 0 Å². The number of carbonyl (C=O) groups is 2. The number of ether oxygens (including phenoxy) is 1. The number of ketones is 1. The molecule has 2 atom stereocenters. The molecule has 7 heteroatoms. The van der Waals surface area contributed by atoms with Gasteiger partial charge in [0.15, 0.2) is 5.13 Å². The predicted octanol–water partition coefficient (Wildman–Crippen LogP) is 5.86. The number of benzene rings is 3. The van der Waals surface area contributed by atoms with Crippen LogP contribution < -0.4 is 9.64 Å². The van der Waals surface area contributed by atoms with E-state index in [1.54, 1.807) is 12.1 Å². The van der Waals surface area contributed by atoms with Crippen molar-refractivity contribution in [2.75, 3.05) is 4.90 Å². The Balaban J connectivity index is 1.53. The summed E-state index contributed by atoms with van der Waals surface area (Å²) in [6.45, 7) is 5.96. The van der Waals surface area contributed by atoms with Gasteiger partial charge in [-0.15, -0.1) is 0 Å². The first-order chi connectivity index (χ1) is 17.3. The maximum absolute atomic E-state index is 13.5. The Bertz CT molecular complexity index is 1580. The standard InChI is InChI=1S/C29H24N2O4S/c1-15-4-7-18(8-5-15)25-24(26(32)19-9-11-22-20(14-19)13-17(3)35-22)27(33)28(34)31(25)29-30-21-10-6-16(2)12-23(21)36-29/h4-12,14,17,25,32H,13H2,1-3H3/b26-24+/t17-,25+/m1/s1. The zero-order valence-electron chi connectivity index (χ0n) is 20.1. The van der Waals surface area contributed by atoms with E-state index in [0.717, 1.165) is 44.6 Å². The van der Waals surface area contributed by atoms with E-state index in [0.29, 0.717) is 10.7 Å². The Labute approximate surface area is 212 Å². The lowest BCUT2D eigenvalue weighted by Crippen LogP contribution is -2.29. The molecule has 180 valence electrons. The number of thiazole rings is 1. The SMILES string of the molecule is Cc1ccc([C@H]2/C(=C(\O)c3ccc4c(c3)C[C@@H](C)O4)C(=O)C(=O)N2c2nc3ccc(C)cc3s2)cc1. The van der Waals surface area contributed by atoms with Gasteiger partial charge in [0.2, 0.25) is 0 Å². The number of hydrogen-bond donors (Lipinski definition) is 1. The Morgan fingerprint density at radius 1 is 1.03 bits per heavy atom. The molecule has 0 saturated carbocycles. The van der Waals surface area contributed by atoms with Gasteiger partial charge in [-0.25, -0.2) is 4.98 Å². The highest BCUT2D eigenvalue weighted by molar-refractivity contribution is 7.22. The number of anilines is 1. The van der Waals surface area contributed by atoms with E-state index in [1.165, 1.54) is 16.2 Å². The van der Waals surface area contributed by atoms with Crippen molar-refractivity contribution in [1.29, 1.82) is 0 Å². The molecule has 0 bridgehead atoms. The van der Waals surface area contributed by atoms with Crippen LogP contribution in [-0.4, -0.2) is 27.9 Å². The van der Waals surface area contributed by atoms with Crippen molar-refractivity contribution in [2.24, 2.45) is 0 Å². The Kier molecular flexibility index (Phi) is 5.19. The number of aliphatic hydroxyl groups is 1. The number of amides is 1. The molecule has 2 aliphatic heterocycles. The molecule has 0 aliphatic carbocycles. The van der Waals surface area contributed by atoms with Crippen molar-refractivity contribution in [3.8, 4) is 5.75 Å². The molecule has 1 fully saturated rings. The van der Waals surface area contributed by atoms with Gasteiger partial charge in [0.05, 0.1) is 21.8 Å². The summed E-state index contributed by atoms with van der Waals surface area (Å²) in [5.74, 6) is -0.838. The summed E-state index contributed by atoms with van der Waals surface area (Å²) in [6.07, 6.45) is 0.773. The highest BCUT2D eigenvalue weighted by atomic mass is 32.1. The van der Waals surface area contributed by atoms with Crippen LogP contribution in [0.2, 0.25) is 0 Å². The number of rotatable bonds is 3. The van der Waals surface area contributed by atoms with E-state index >= 15 is 0 Å². The maximum atomic E-state index is 13.5. The van der Waals surface area contributed by atoms with Crippen molar-refractivity contribution in [1.82, 2.24) is 4.98 Å². The lowest BCUT2D eigenvalue weighted by Gasteiger charge is -2.23. The molecular weight excluding hydrogens is 472 g/mol. The van der Waals surface area contributed by atoms with Crippen molar-refractivity contribution >= 4 is 44.1 Å². The Morgan fingerprint density at radius 2 is 1.78 bits per heavy atom. The van der Waals surface area contributed by atoms with E-state index < -0.39 is 17.7 Å². The first-order valence-electron chi connectivity index (χ1n) is 11.8. The van der Waals surface area contributed by atoms with Crippen LogP contribution in [-0.2, 0) is 16.0 Å². The van der Waals surface area contributed by atoms with Gasteiger partial charge < -0.3 is 9.84 Å². The van der Waals surface area contributed by atoms with E-state index in [4.69, 9.17) is 4.74 Å². The van der Waals surface area contributed by atoms with E-state index in [1.807, 2.05) is 69.3 Å². The minimum atomic E-state index is -0.796. The van der Waals surface area contributed by atoms with Crippen LogP contribution in [0.5, 0.6) is 5.75 Å². The average molecular weight is 497 g/mol. The highest BCUT2D eigenvalue weighted by Crippen LogP contribution is 2.45. The molecule has 1 aromatic heterocycles. The van der Waals surface area contributed by atoms with Crippen LogP contribution in [0.15, 0.2) is 66.2 Å². The first kappa shape index (κ1) is 22.5. The summed E-state index contributed by atoms with van der Waals surface area (Å²) in [5, 5.41) is 11.9. The molecule has 0 spiro atoms. The summed E-state index contributed by atoms with van der Waals surface area (Å²) in [7, 11) is 0. The number of aliphatic hydroxyl groups excluding tert-OH is 1. The number of carbonyl (C=O) groups excluding carboxylic acids is 2. The third-order valence-corrected chi connectivity index (χ3v) is 7.76. The molecule has 1 saturated heterocycles. The minimum absolute atomic E-state index is 0.0539. The van der Waals surface area contributed by atoms with Crippen LogP contribution in [0, 0.1) is 13.8 Å². The minimum Gasteiger partial charge on any atom is -0.507 e. The summed E-state index contributed by atoms with van der Waals surface area (Å²) in [5.41, 5.74) is 5.15. The topological polar surface area (TPSA) is 79.7 Å². The van der Waals surface area contributed by atoms with Crippen LogP contribution in [0.25, 0.3) is 16.0 Å². The smallest absolute Gasteiger partial charge is 0.301 e. The molecule has 6 rings (SSSR count). The lowest BCUT2D eigenvalue weighted by molar-refractivity contribution is -0.132. The summed E-state index contributed by atoms with van der Waals surface area (Å²) < 4.78 is 6.72. The second-order valence-corrected chi connectivity index (χ2v) is 10.5. The number of aryl methyl sites for hydroxylation is 2. The zero-order chi connectivity index (χ0) is 25.1. The van der Waals surface area contributed by atoms with Crippen molar-refractivity contribution in [2.45, 2.75) is 39.3 Å². The number of fused-ring (bicyclic) bond motifs is 2. The largest absolute Gasteiger partial charge is 0.507 e. The van der Waals surface area contributed by atoms with E-state index in [-0.39, 0.29) is 17.4 Å². The molecule has 6 nitrogen and oxygen atoms in total. The number of aromatic nitrogens is 1. The predicted molar refractivity (Wildman–Crippen MR) is 141 cm³/mol. The first-order valence-corrected chi connectivity index (χ1v) is 12.7. The molecule has 3 aromatic carbocycles. The van der Waals surface area contributed by atoms with Crippen LogP contribution in [0.3, 0.4) is 0 Å². The summed E-state index contributed by atoms with van der Waals surface area (Å²) >= 11 is 1.36. The molecular formula is C29H24N2O4S. The quantitative estimate of drug-likeness (QED) is 0.218. The maximum Gasteiger partial charge on any atom is 0.301 e. The van der Waals surface area contributed by atoms with Crippen molar-refractivity contribution < 1.29 is 19.4 Å². The fourth-order valence-electron chi connectivity index (χ4n) is 4.94. The third kappa shape index (κ3) is 3.58. The van der Waals surface area contributed by atoms with Gasteiger partial charge in [-0.1, -0.05) is 47.2 Å². The van der Waals surface area contributed by atoms with Crippen molar-refractivity contribution in [3.63, 3.8) is 0 Å². The van der Waals surface area contributed by atoms with Gasteiger partial charge in [-0.3, -0.25) is 14.5 Å². The van der Waals surface area contributed by atoms with Gasteiger partial charge in [0.1, 0.15) is 17.6 Å². The van der Waals surface area contributed by atoms with E-state index in [9.17, 15) is 14.7 Å². The summed E-state index contributed by atoms with van der Waals surface area (Å²) in [6, 6.07) is 18.1. The van der Waals surface area contributed by atoms with Crippen LogP contribution in [0.4, 0.5) is 5.13 Å². The number of Topliss-reactive ketones (excluding diaryl/α,β-unsaturated/α-hetero) is 1. The normalized spacial score (nSPS) is 20.7. The molecule has 4 aromatic rings. The molecule has 0 unspecified atom stereocenters. The second-order valence-electron chi connectivity index (χ2n) is 9.50. The molecule has 3 heterocycles.